The highest BCUT2D eigenvalue weighted by molar-refractivity contribution is 6.30. The third-order valence-electron chi connectivity index (χ3n) is 4.47. The fourth-order valence-electron chi connectivity index (χ4n) is 2.96. The number of amides is 1. The lowest BCUT2D eigenvalue weighted by Gasteiger charge is -2.16. The summed E-state index contributed by atoms with van der Waals surface area (Å²) >= 11 is 5.96. The summed E-state index contributed by atoms with van der Waals surface area (Å²) in [6, 6.07) is 11.8. The van der Waals surface area contributed by atoms with Crippen LogP contribution in [0.1, 0.15) is 11.7 Å². The molecule has 0 bridgehead atoms. The molecule has 1 N–H and O–H groups in total. The van der Waals surface area contributed by atoms with E-state index >= 15 is 0 Å². The van der Waals surface area contributed by atoms with Crippen molar-refractivity contribution in [2.75, 3.05) is 39.7 Å². The summed E-state index contributed by atoms with van der Waals surface area (Å²) in [5.74, 6) is 2.85. The Labute approximate surface area is 201 Å². The Bertz CT molecular complexity index is 1130. The lowest BCUT2D eigenvalue weighted by atomic mass is 10.1. The average molecular weight is 487 g/mol. The quantitative estimate of drug-likeness (QED) is 0.299. The van der Waals surface area contributed by atoms with Crippen LogP contribution in [0.3, 0.4) is 0 Å². The van der Waals surface area contributed by atoms with Gasteiger partial charge < -0.3 is 28.2 Å². The van der Waals surface area contributed by atoms with Crippen molar-refractivity contribution in [1.29, 1.82) is 0 Å². The van der Waals surface area contributed by atoms with Gasteiger partial charge in [-0.1, -0.05) is 40.9 Å². The summed E-state index contributed by atoms with van der Waals surface area (Å²) in [6.07, 6.45) is 5.79. The number of nitrogens with one attached hydrogen (secondary N) is 1. The standard InChI is InChI=1S/C24H23ClN2O7/c1-4-11-31-22(16-5-8-18(25)9-6-16)23(28)27-24-19(13-26-34-24)17-7-10-20(32-14-29-2)21(12-17)33-15-30-3/h1,5-10,12-13,22H,11,14-15H2,2-3H3,(H,27,28). The maximum Gasteiger partial charge on any atom is 0.260 e. The number of halogens is 1. The molecule has 0 aliphatic rings. The molecule has 0 aliphatic carbocycles. The van der Waals surface area contributed by atoms with Crippen molar-refractivity contribution in [1.82, 2.24) is 5.16 Å². The predicted molar refractivity (Wildman–Crippen MR) is 125 cm³/mol. The normalized spacial score (nSPS) is 11.5. The van der Waals surface area contributed by atoms with Crippen molar-refractivity contribution in [2.24, 2.45) is 0 Å². The van der Waals surface area contributed by atoms with Crippen molar-refractivity contribution in [2.45, 2.75) is 6.10 Å². The number of hydrogen-bond acceptors (Lipinski definition) is 8. The van der Waals surface area contributed by atoms with Crippen LogP contribution >= 0.6 is 11.6 Å². The topological polar surface area (TPSA) is 101 Å². The number of rotatable bonds is 12. The minimum Gasteiger partial charge on any atom is -0.464 e. The summed E-state index contributed by atoms with van der Waals surface area (Å²) in [4.78, 5) is 13.1. The van der Waals surface area contributed by atoms with Crippen LogP contribution in [-0.4, -0.2) is 45.5 Å². The third-order valence-corrected chi connectivity index (χ3v) is 4.72. The third kappa shape index (κ3) is 6.50. The van der Waals surface area contributed by atoms with Crippen molar-refractivity contribution in [3.63, 3.8) is 0 Å². The first kappa shape index (κ1) is 25.1. The second-order valence-corrected chi connectivity index (χ2v) is 7.20. The van der Waals surface area contributed by atoms with Crippen LogP contribution in [0.5, 0.6) is 11.5 Å². The molecule has 178 valence electrons. The van der Waals surface area contributed by atoms with Gasteiger partial charge in [0.15, 0.2) is 31.2 Å². The highest BCUT2D eigenvalue weighted by Gasteiger charge is 2.24. The van der Waals surface area contributed by atoms with Gasteiger partial charge in [-0.25, -0.2) is 0 Å². The van der Waals surface area contributed by atoms with E-state index in [4.69, 9.17) is 46.2 Å². The minimum atomic E-state index is -0.989. The van der Waals surface area contributed by atoms with Gasteiger partial charge in [0.1, 0.15) is 6.61 Å². The summed E-state index contributed by atoms with van der Waals surface area (Å²) in [5.41, 5.74) is 1.74. The highest BCUT2D eigenvalue weighted by atomic mass is 35.5. The number of aromatic nitrogens is 1. The van der Waals surface area contributed by atoms with Gasteiger partial charge in [0.2, 0.25) is 5.88 Å². The highest BCUT2D eigenvalue weighted by Crippen LogP contribution is 2.36. The lowest BCUT2D eigenvalue weighted by molar-refractivity contribution is -0.127. The van der Waals surface area contributed by atoms with E-state index in [-0.39, 0.29) is 26.1 Å². The molecule has 0 aliphatic heterocycles. The van der Waals surface area contributed by atoms with Gasteiger partial charge >= 0.3 is 0 Å². The van der Waals surface area contributed by atoms with Crippen molar-refractivity contribution >= 4 is 23.4 Å². The number of carbonyl (C=O) groups is 1. The van der Waals surface area contributed by atoms with Gasteiger partial charge in [0.05, 0.1) is 11.8 Å². The molecule has 1 amide bonds. The van der Waals surface area contributed by atoms with Crippen LogP contribution in [0.4, 0.5) is 5.88 Å². The van der Waals surface area contributed by atoms with Crippen molar-refractivity contribution in [3.05, 3.63) is 59.2 Å². The van der Waals surface area contributed by atoms with E-state index in [0.29, 0.717) is 33.2 Å². The molecular weight excluding hydrogens is 464 g/mol. The number of benzene rings is 2. The monoisotopic (exact) mass is 486 g/mol. The Morgan fingerprint density at radius 2 is 1.82 bits per heavy atom. The second-order valence-electron chi connectivity index (χ2n) is 6.77. The Balaban J connectivity index is 1.85. The molecule has 0 fully saturated rings. The van der Waals surface area contributed by atoms with E-state index in [1.807, 2.05) is 0 Å². The fraction of sp³-hybridized carbons (Fsp3) is 0.250. The SMILES string of the molecule is C#CCOC(C(=O)Nc1oncc1-c1ccc(OCOC)c(OCOC)c1)c1ccc(Cl)cc1. The van der Waals surface area contributed by atoms with E-state index in [0.717, 1.165) is 0 Å². The summed E-state index contributed by atoms with van der Waals surface area (Å²) in [6.45, 7) is -0.0105. The van der Waals surface area contributed by atoms with Crippen LogP contribution in [0, 0.1) is 12.3 Å². The molecule has 1 heterocycles. The molecule has 10 heteroatoms. The molecule has 0 radical (unpaired) electrons. The second kappa shape index (κ2) is 12.6. The van der Waals surface area contributed by atoms with E-state index in [2.05, 4.69) is 16.4 Å². The molecular formula is C24H23ClN2O7. The number of hydrogen-bond donors (Lipinski definition) is 1. The van der Waals surface area contributed by atoms with Gasteiger partial charge in [-0.2, -0.15) is 0 Å². The Kier molecular flexibility index (Phi) is 9.31. The molecule has 1 atom stereocenters. The van der Waals surface area contributed by atoms with E-state index in [9.17, 15) is 4.79 Å². The van der Waals surface area contributed by atoms with Crippen LogP contribution in [0.25, 0.3) is 11.1 Å². The number of anilines is 1. The zero-order valence-electron chi connectivity index (χ0n) is 18.6. The van der Waals surface area contributed by atoms with Crippen molar-refractivity contribution in [3.8, 4) is 35.0 Å². The number of carbonyl (C=O) groups excluding carboxylic acids is 1. The molecule has 2 aromatic carbocycles. The first-order chi connectivity index (χ1) is 16.6. The zero-order chi connectivity index (χ0) is 24.3. The Morgan fingerprint density at radius 3 is 2.50 bits per heavy atom. The van der Waals surface area contributed by atoms with Crippen LogP contribution in [0.15, 0.2) is 53.2 Å². The van der Waals surface area contributed by atoms with Crippen LogP contribution in [-0.2, 0) is 19.0 Å². The maximum atomic E-state index is 13.1. The molecule has 1 aromatic heterocycles. The molecule has 3 rings (SSSR count). The molecule has 0 saturated heterocycles. The zero-order valence-corrected chi connectivity index (χ0v) is 19.3. The van der Waals surface area contributed by atoms with Gasteiger partial charge in [-0.3, -0.25) is 10.1 Å². The maximum absolute atomic E-state index is 13.1. The van der Waals surface area contributed by atoms with Crippen molar-refractivity contribution < 1.29 is 33.0 Å². The summed E-state index contributed by atoms with van der Waals surface area (Å²) in [5, 5.41) is 7.06. The summed E-state index contributed by atoms with van der Waals surface area (Å²) in [7, 11) is 3.02. The largest absolute Gasteiger partial charge is 0.464 e. The first-order valence-corrected chi connectivity index (χ1v) is 10.4. The van der Waals surface area contributed by atoms with Gasteiger partial charge in [0, 0.05) is 19.2 Å². The molecule has 1 unspecified atom stereocenters. The van der Waals surface area contributed by atoms with Gasteiger partial charge in [0.25, 0.3) is 5.91 Å². The smallest absolute Gasteiger partial charge is 0.260 e. The average Bonchev–Trinajstić information content (AvgIpc) is 3.31. The van der Waals surface area contributed by atoms with Crippen LogP contribution in [0.2, 0.25) is 5.02 Å². The predicted octanol–water partition coefficient (Wildman–Crippen LogP) is 4.29. The minimum absolute atomic E-state index is 0.00924. The van der Waals surface area contributed by atoms with Crippen LogP contribution < -0.4 is 14.8 Å². The molecule has 9 nitrogen and oxygen atoms in total. The fourth-order valence-corrected chi connectivity index (χ4v) is 3.08. The Hall–Kier alpha value is -3.55. The molecule has 34 heavy (non-hydrogen) atoms. The summed E-state index contributed by atoms with van der Waals surface area (Å²) < 4.78 is 31.9. The Morgan fingerprint density at radius 1 is 1.12 bits per heavy atom. The number of ether oxygens (including phenoxy) is 5. The van der Waals surface area contributed by atoms with E-state index in [1.54, 1.807) is 42.5 Å². The number of nitrogens with zero attached hydrogens (tertiary/aromatic N) is 1. The van der Waals surface area contributed by atoms with E-state index < -0.39 is 12.0 Å². The van der Waals surface area contributed by atoms with E-state index in [1.165, 1.54) is 20.4 Å². The molecule has 0 saturated carbocycles. The molecule has 0 spiro atoms. The first-order valence-electron chi connectivity index (χ1n) is 10.0. The number of methoxy groups -OCH3 is 2. The van der Waals surface area contributed by atoms with Gasteiger partial charge in [-0.05, 0) is 35.4 Å². The van der Waals surface area contributed by atoms with Gasteiger partial charge in [-0.15, -0.1) is 6.42 Å². The number of terminal acetylenes is 1. The molecule has 3 aromatic rings. The lowest BCUT2D eigenvalue weighted by Crippen LogP contribution is -2.23.